The molecule has 3 heteroatoms. The molecule has 0 radical (unpaired) electrons. The van der Waals surface area contributed by atoms with Crippen molar-refractivity contribution < 1.29 is 4.79 Å². The van der Waals surface area contributed by atoms with Gasteiger partial charge >= 0.3 is 0 Å². The van der Waals surface area contributed by atoms with Crippen LogP contribution in [0.1, 0.15) is 51.0 Å². The van der Waals surface area contributed by atoms with Crippen molar-refractivity contribution in [3.8, 4) is 0 Å². The summed E-state index contributed by atoms with van der Waals surface area (Å²) in [4.78, 5) is 12.0. The number of benzene rings is 1. The monoisotopic (exact) mass is 288 g/mol. The van der Waals surface area contributed by atoms with E-state index >= 15 is 0 Å². The Morgan fingerprint density at radius 1 is 1.14 bits per heavy atom. The van der Waals surface area contributed by atoms with Gasteiger partial charge in [0.1, 0.15) is 0 Å². The zero-order valence-corrected chi connectivity index (χ0v) is 13.3. The molecule has 1 amide bonds. The summed E-state index contributed by atoms with van der Waals surface area (Å²) >= 11 is 0. The third kappa shape index (κ3) is 5.50. The highest BCUT2D eigenvalue weighted by atomic mass is 16.1. The normalized spacial score (nSPS) is 18.0. The fraction of sp³-hybridized carbons (Fsp3) is 0.611. The average Bonchev–Trinajstić information content (AvgIpc) is 2.76. The zero-order valence-electron chi connectivity index (χ0n) is 13.3. The van der Waals surface area contributed by atoms with Crippen LogP contribution in [-0.2, 0) is 4.79 Å². The molecule has 3 nitrogen and oxygen atoms in total. The van der Waals surface area contributed by atoms with Crippen LogP contribution in [0.2, 0.25) is 0 Å². The molecule has 0 unspecified atom stereocenters. The second-order valence-corrected chi connectivity index (χ2v) is 6.34. The number of hydrogen-bond donors (Lipinski definition) is 2. The van der Waals surface area contributed by atoms with E-state index in [4.69, 9.17) is 0 Å². The minimum absolute atomic E-state index is 0.0410. The molecular formula is C18H28N2O. The van der Waals surface area contributed by atoms with Crippen LogP contribution < -0.4 is 10.6 Å². The maximum Gasteiger partial charge on any atom is 0.238 e. The Morgan fingerprint density at radius 3 is 2.38 bits per heavy atom. The first-order chi connectivity index (χ1) is 10.1. The first-order valence-electron chi connectivity index (χ1n) is 8.25. The van der Waals surface area contributed by atoms with Crippen LogP contribution in [0.15, 0.2) is 24.3 Å². The number of carbonyl (C=O) groups is 1. The summed E-state index contributed by atoms with van der Waals surface area (Å²) in [6.07, 6.45) is 8.02. The fourth-order valence-corrected chi connectivity index (χ4v) is 3.07. The Bertz CT molecular complexity index is 433. The molecule has 2 N–H and O–H groups in total. The Kier molecular flexibility index (Phi) is 6.24. The number of amides is 1. The number of nitrogens with one attached hydrogen (secondary N) is 2. The highest BCUT2D eigenvalue weighted by molar-refractivity contribution is 5.92. The minimum atomic E-state index is 0.0410. The van der Waals surface area contributed by atoms with Crippen LogP contribution in [0.25, 0.3) is 0 Å². The molecule has 0 aliphatic heterocycles. The Labute approximate surface area is 128 Å². The van der Waals surface area contributed by atoms with Crippen molar-refractivity contribution in [1.29, 1.82) is 0 Å². The quantitative estimate of drug-likeness (QED) is 0.807. The Balaban J connectivity index is 1.73. The van der Waals surface area contributed by atoms with Gasteiger partial charge in [0.15, 0.2) is 0 Å². The molecule has 116 valence electrons. The van der Waals surface area contributed by atoms with Crippen LogP contribution in [-0.4, -0.2) is 18.5 Å². The van der Waals surface area contributed by atoms with Gasteiger partial charge in [0, 0.05) is 11.7 Å². The third-order valence-electron chi connectivity index (χ3n) is 4.53. The molecule has 2 rings (SSSR count). The number of anilines is 1. The largest absolute Gasteiger partial charge is 0.325 e. The molecule has 1 atom stereocenters. The highest BCUT2D eigenvalue weighted by Crippen LogP contribution is 2.25. The van der Waals surface area contributed by atoms with E-state index < -0.39 is 0 Å². The predicted octanol–water partition coefficient (Wildman–Crippen LogP) is 3.88. The van der Waals surface area contributed by atoms with E-state index in [2.05, 4.69) is 17.6 Å². The van der Waals surface area contributed by atoms with Gasteiger partial charge in [-0.05, 0) is 44.7 Å². The number of hydrogen-bond acceptors (Lipinski definition) is 2. The topological polar surface area (TPSA) is 41.1 Å². The lowest BCUT2D eigenvalue weighted by molar-refractivity contribution is -0.115. The molecule has 1 aliphatic rings. The van der Waals surface area contributed by atoms with Crippen molar-refractivity contribution in [2.24, 2.45) is 5.92 Å². The second-order valence-electron chi connectivity index (χ2n) is 6.34. The van der Waals surface area contributed by atoms with E-state index in [-0.39, 0.29) is 5.91 Å². The van der Waals surface area contributed by atoms with Crippen LogP contribution >= 0.6 is 0 Å². The summed E-state index contributed by atoms with van der Waals surface area (Å²) < 4.78 is 0. The van der Waals surface area contributed by atoms with E-state index in [1.807, 2.05) is 31.2 Å². The molecule has 0 spiro atoms. The van der Waals surface area contributed by atoms with Crippen molar-refractivity contribution in [2.75, 3.05) is 11.9 Å². The lowest BCUT2D eigenvalue weighted by atomic mass is 9.93. The van der Waals surface area contributed by atoms with Gasteiger partial charge in [0.25, 0.3) is 0 Å². The third-order valence-corrected chi connectivity index (χ3v) is 4.53. The SMILES string of the molecule is Cc1ccc(NC(=O)CN[C@H](C)C2CCCCCC2)cc1. The molecule has 0 bridgehead atoms. The molecule has 1 aromatic rings. The van der Waals surface area contributed by atoms with Crippen molar-refractivity contribution in [3.05, 3.63) is 29.8 Å². The van der Waals surface area contributed by atoms with E-state index in [1.54, 1.807) is 0 Å². The van der Waals surface area contributed by atoms with E-state index in [0.29, 0.717) is 12.6 Å². The first kappa shape index (κ1) is 16.0. The van der Waals surface area contributed by atoms with E-state index in [1.165, 1.54) is 44.1 Å². The van der Waals surface area contributed by atoms with Gasteiger partial charge in [-0.1, -0.05) is 43.4 Å². The van der Waals surface area contributed by atoms with Gasteiger partial charge in [-0.25, -0.2) is 0 Å². The molecule has 1 aromatic carbocycles. The molecule has 21 heavy (non-hydrogen) atoms. The highest BCUT2D eigenvalue weighted by Gasteiger charge is 2.19. The van der Waals surface area contributed by atoms with Gasteiger partial charge in [0.2, 0.25) is 5.91 Å². The summed E-state index contributed by atoms with van der Waals surface area (Å²) in [6.45, 7) is 4.66. The maximum absolute atomic E-state index is 12.0. The summed E-state index contributed by atoms with van der Waals surface area (Å²) in [7, 11) is 0. The van der Waals surface area contributed by atoms with Crippen LogP contribution in [0, 0.1) is 12.8 Å². The van der Waals surface area contributed by atoms with Crippen molar-refractivity contribution in [2.45, 2.75) is 58.4 Å². The van der Waals surface area contributed by atoms with E-state index in [0.717, 1.165) is 11.6 Å². The minimum Gasteiger partial charge on any atom is -0.325 e. The number of aryl methyl sites for hydroxylation is 1. The van der Waals surface area contributed by atoms with Crippen LogP contribution in [0.3, 0.4) is 0 Å². The lowest BCUT2D eigenvalue weighted by Gasteiger charge is -2.23. The smallest absolute Gasteiger partial charge is 0.238 e. The molecule has 1 fully saturated rings. The summed E-state index contributed by atoms with van der Waals surface area (Å²) in [6, 6.07) is 8.34. The molecule has 0 saturated heterocycles. The van der Waals surface area contributed by atoms with Crippen molar-refractivity contribution in [1.82, 2.24) is 5.32 Å². The zero-order chi connectivity index (χ0) is 15.1. The predicted molar refractivity (Wildman–Crippen MR) is 88.5 cm³/mol. The summed E-state index contributed by atoms with van der Waals surface area (Å²) in [5.41, 5.74) is 2.07. The van der Waals surface area contributed by atoms with Gasteiger partial charge in [0.05, 0.1) is 6.54 Å². The number of rotatable bonds is 5. The second kappa shape index (κ2) is 8.18. The van der Waals surface area contributed by atoms with Crippen LogP contribution in [0.5, 0.6) is 0 Å². The lowest BCUT2D eigenvalue weighted by Crippen LogP contribution is -2.38. The molecule has 1 saturated carbocycles. The fourth-order valence-electron chi connectivity index (χ4n) is 3.07. The maximum atomic E-state index is 12.0. The first-order valence-corrected chi connectivity index (χ1v) is 8.25. The average molecular weight is 288 g/mol. The van der Waals surface area contributed by atoms with Crippen LogP contribution in [0.4, 0.5) is 5.69 Å². The Morgan fingerprint density at radius 2 is 1.76 bits per heavy atom. The van der Waals surface area contributed by atoms with Crippen molar-refractivity contribution in [3.63, 3.8) is 0 Å². The summed E-state index contributed by atoms with van der Waals surface area (Å²) in [5, 5.41) is 6.34. The van der Waals surface area contributed by atoms with Gasteiger partial charge in [-0.3, -0.25) is 4.79 Å². The van der Waals surface area contributed by atoms with Gasteiger partial charge in [-0.15, -0.1) is 0 Å². The Hall–Kier alpha value is -1.35. The standard InChI is InChI=1S/C18H28N2O/c1-14-9-11-17(12-10-14)20-18(21)13-19-15(2)16-7-5-3-4-6-8-16/h9-12,15-16,19H,3-8,13H2,1-2H3,(H,20,21)/t15-/m1/s1. The van der Waals surface area contributed by atoms with Gasteiger partial charge in [-0.2, -0.15) is 0 Å². The van der Waals surface area contributed by atoms with Gasteiger partial charge < -0.3 is 10.6 Å². The van der Waals surface area contributed by atoms with Crippen molar-refractivity contribution >= 4 is 11.6 Å². The molecular weight excluding hydrogens is 260 g/mol. The number of carbonyl (C=O) groups excluding carboxylic acids is 1. The van der Waals surface area contributed by atoms with E-state index in [9.17, 15) is 4.79 Å². The molecule has 0 heterocycles. The summed E-state index contributed by atoms with van der Waals surface area (Å²) in [5.74, 6) is 0.763. The molecule has 1 aliphatic carbocycles. The molecule has 0 aromatic heterocycles.